The molecule has 27 heavy (non-hydrogen) atoms. The van der Waals surface area contributed by atoms with Crippen molar-refractivity contribution in [3.63, 3.8) is 0 Å². The summed E-state index contributed by atoms with van der Waals surface area (Å²) in [5.74, 6) is 0.175. The Morgan fingerprint density at radius 2 is 1.63 bits per heavy atom. The van der Waals surface area contributed by atoms with E-state index in [1.54, 1.807) is 0 Å². The molecule has 2 amide bonds. The largest absolute Gasteiger partial charge is 0.352 e. The Bertz CT molecular complexity index is 782. The molecule has 1 aliphatic heterocycles. The monoisotopic (exact) mass is 365 g/mol. The number of rotatable bonds is 7. The van der Waals surface area contributed by atoms with Gasteiger partial charge in [0, 0.05) is 31.7 Å². The topological polar surface area (TPSA) is 52.7 Å². The van der Waals surface area contributed by atoms with Crippen LogP contribution in [0.15, 0.2) is 48.5 Å². The molecular weight excluding hydrogens is 338 g/mol. The molecule has 0 aliphatic carbocycles. The summed E-state index contributed by atoms with van der Waals surface area (Å²) in [6.45, 7) is 2.22. The van der Waals surface area contributed by atoms with Crippen molar-refractivity contribution in [1.82, 2.24) is 10.2 Å². The number of anilines is 1. The summed E-state index contributed by atoms with van der Waals surface area (Å²) in [5.41, 5.74) is 4.21. The fourth-order valence-corrected chi connectivity index (χ4v) is 3.29. The van der Waals surface area contributed by atoms with Gasteiger partial charge in [-0.15, -0.1) is 0 Å². The third kappa shape index (κ3) is 5.41. The second-order valence-electron chi connectivity index (χ2n) is 7.32. The third-order valence-electron chi connectivity index (χ3n) is 4.70. The predicted molar refractivity (Wildman–Crippen MR) is 107 cm³/mol. The standard InChI is InChI=1S/C22H27N3O2/c1-24(2)16-19-7-5-18(6-8-19)15-23-21(26)14-17-9-11-20(12-10-17)25-13-3-4-22(25)27/h5-12H,3-4,13-16H2,1-2H3,(H,23,26). The molecule has 0 saturated carbocycles. The van der Waals surface area contributed by atoms with Crippen LogP contribution in [0.5, 0.6) is 0 Å². The van der Waals surface area contributed by atoms with Crippen LogP contribution in [0.25, 0.3) is 0 Å². The van der Waals surface area contributed by atoms with Gasteiger partial charge in [-0.3, -0.25) is 9.59 Å². The SMILES string of the molecule is CN(C)Cc1ccc(CNC(=O)Cc2ccc(N3CCCC3=O)cc2)cc1. The second kappa shape index (κ2) is 8.82. The van der Waals surface area contributed by atoms with Crippen LogP contribution in [-0.4, -0.2) is 37.4 Å². The highest BCUT2D eigenvalue weighted by molar-refractivity contribution is 5.95. The molecule has 2 aromatic rings. The lowest BCUT2D eigenvalue weighted by Gasteiger charge is -2.16. The molecular formula is C22H27N3O2. The number of hydrogen-bond acceptors (Lipinski definition) is 3. The molecule has 142 valence electrons. The second-order valence-corrected chi connectivity index (χ2v) is 7.32. The van der Waals surface area contributed by atoms with Gasteiger partial charge in [0.25, 0.3) is 0 Å². The van der Waals surface area contributed by atoms with E-state index in [4.69, 9.17) is 0 Å². The van der Waals surface area contributed by atoms with E-state index in [0.29, 0.717) is 19.4 Å². The predicted octanol–water partition coefficient (Wildman–Crippen LogP) is 2.73. The van der Waals surface area contributed by atoms with Gasteiger partial charge < -0.3 is 15.1 Å². The minimum atomic E-state index is -0.00244. The zero-order chi connectivity index (χ0) is 19.2. The van der Waals surface area contributed by atoms with E-state index < -0.39 is 0 Å². The summed E-state index contributed by atoms with van der Waals surface area (Å²) >= 11 is 0. The van der Waals surface area contributed by atoms with Gasteiger partial charge in [-0.2, -0.15) is 0 Å². The van der Waals surface area contributed by atoms with Gasteiger partial charge in [0.1, 0.15) is 0 Å². The molecule has 0 aromatic heterocycles. The van der Waals surface area contributed by atoms with E-state index in [2.05, 4.69) is 34.5 Å². The van der Waals surface area contributed by atoms with Gasteiger partial charge in [-0.1, -0.05) is 36.4 Å². The maximum absolute atomic E-state index is 12.2. The van der Waals surface area contributed by atoms with Crippen LogP contribution in [0.1, 0.15) is 29.5 Å². The van der Waals surface area contributed by atoms with Crippen LogP contribution in [0.3, 0.4) is 0 Å². The average Bonchev–Trinajstić information content (AvgIpc) is 3.07. The average molecular weight is 365 g/mol. The first-order valence-corrected chi connectivity index (χ1v) is 9.40. The van der Waals surface area contributed by atoms with Crippen molar-refractivity contribution in [2.24, 2.45) is 0 Å². The summed E-state index contributed by atoms with van der Waals surface area (Å²) in [6.07, 6.45) is 1.88. The van der Waals surface area contributed by atoms with Crippen LogP contribution in [0.2, 0.25) is 0 Å². The maximum Gasteiger partial charge on any atom is 0.227 e. The van der Waals surface area contributed by atoms with Gasteiger partial charge in [0.2, 0.25) is 11.8 Å². The van der Waals surface area contributed by atoms with Gasteiger partial charge in [0.05, 0.1) is 6.42 Å². The molecule has 0 atom stereocenters. The Morgan fingerprint density at radius 1 is 1.00 bits per heavy atom. The number of benzene rings is 2. The molecule has 2 aromatic carbocycles. The number of amides is 2. The summed E-state index contributed by atoms with van der Waals surface area (Å²) < 4.78 is 0. The molecule has 1 fully saturated rings. The Labute approximate surface area is 161 Å². The minimum Gasteiger partial charge on any atom is -0.352 e. The molecule has 1 saturated heterocycles. The lowest BCUT2D eigenvalue weighted by atomic mass is 10.1. The van der Waals surface area contributed by atoms with E-state index in [0.717, 1.165) is 36.3 Å². The van der Waals surface area contributed by atoms with E-state index in [1.807, 2.05) is 43.3 Å². The van der Waals surface area contributed by atoms with Crippen LogP contribution < -0.4 is 10.2 Å². The smallest absolute Gasteiger partial charge is 0.227 e. The molecule has 0 bridgehead atoms. The van der Waals surface area contributed by atoms with E-state index in [-0.39, 0.29) is 11.8 Å². The van der Waals surface area contributed by atoms with Crippen LogP contribution in [0, 0.1) is 0 Å². The van der Waals surface area contributed by atoms with E-state index in [1.165, 1.54) is 5.56 Å². The van der Waals surface area contributed by atoms with Crippen molar-refractivity contribution >= 4 is 17.5 Å². The molecule has 0 unspecified atom stereocenters. The number of hydrogen-bond donors (Lipinski definition) is 1. The Kier molecular flexibility index (Phi) is 6.24. The van der Waals surface area contributed by atoms with Crippen molar-refractivity contribution in [2.45, 2.75) is 32.4 Å². The van der Waals surface area contributed by atoms with Gasteiger partial charge in [-0.05, 0) is 49.3 Å². The van der Waals surface area contributed by atoms with Gasteiger partial charge in [0.15, 0.2) is 0 Å². The fourth-order valence-electron chi connectivity index (χ4n) is 3.29. The van der Waals surface area contributed by atoms with Gasteiger partial charge in [-0.25, -0.2) is 0 Å². The molecule has 5 heteroatoms. The van der Waals surface area contributed by atoms with Crippen LogP contribution in [-0.2, 0) is 29.1 Å². The van der Waals surface area contributed by atoms with Crippen LogP contribution >= 0.6 is 0 Å². The molecule has 5 nitrogen and oxygen atoms in total. The lowest BCUT2D eigenvalue weighted by molar-refractivity contribution is -0.120. The molecule has 1 N–H and O–H groups in total. The zero-order valence-corrected chi connectivity index (χ0v) is 16.1. The van der Waals surface area contributed by atoms with Crippen molar-refractivity contribution < 1.29 is 9.59 Å². The first kappa shape index (κ1) is 19.1. The van der Waals surface area contributed by atoms with E-state index in [9.17, 15) is 9.59 Å². The highest BCUT2D eigenvalue weighted by Gasteiger charge is 2.21. The Morgan fingerprint density at radius 3 is 2.22 bits per heavy atom. The first-order chi connectivity index (χ1) is 13.0. The summed E-state index contributed by atoms with van der Waals surface area (Å²) in [7, 11) is 4.09. The third-order valence-corrected chi connectivity index (χ3v) is 4.70. The number of carbonyl (C=O) groups excluding carboxylic acids is 2. The van der Waals surface area contributed by atoms with E-state index >= 15 is 0 Å². The Hall–Kier alpha value is -2.66. The molecule has 3 rings (SSSR count). The highest BCUT2D eigenvalue weighted by atomic mass is 16.2. The summed E-state index contributed by atoms with van der Waals surface area (Å²) in [4.78, 5) is 27.9. The molecule has 0 spiro atoms. The summed E-state index contributed by atoms with van der Waals surface area (Å²) in [6, 6.07) is 16.0. The lowest BCUT2D eigenvalue weighted by Crippen LogP contribution is -2.25. The highest BCUT2D eigenvalue weighted by Crippen LogP contribution is 2.21. The quantitative estimate of drug-likeness (QED) is 0.821. The van der Waals surface area contributed by atoms with Crippen molar-refractivity contribution in [3.05, 3.63) is 65.2 Å². The van der Waals surface area contributed by atoms with Crippen LogP contribution in [0.4, 0.5) is 5.69 Å². The zero-order valence-electron chi connectivity index (χ0n) is 16.1. The Balaban J connectivity index is 1.48. The number of carbonyl (C=O) groups is 2. The van der Waals surface area contributed by atoms with Crippen molar-refractivity contribution in [2.75, 3.05) is 25.5 Å². The van der Waals surface area contributed by atoms with Crippen molar-refractivity contribution in [1.29, 1.82) is 0 Å². The number of nitrogens with one attached hydrogen (secondary N) is 1. The first-order valence-electron chi connectivity index (χ1n) is 9.40. The molecule has 0 radical (unpaired) electrons. The number of nitrogens with zero attached hydrogens (tertiary/aromatic N) is 2. The molecule has 1 heterocycles. The van der Waals surface area contributed by atoms with Gasteiger partial charge >= 0.3 is 0 Å². The fraction of sp³-hybridized carbons (Fsp3) is 0.364. The normalized spacial score (nSPS) is 14.0. The summed E-state index contributed by atoms with van der Waals surface area (Å²) in [5, 5.41) is 2.97. The van der Waals surface area contributed by atoms with Crippen molar-refractivity contribution in [3.8, 4) is 0 Å². The minimum absolute atomic E-state index is 0.00244. The molecule has 1 aliphatic rings. The maximum atomic E-state index is 12.2.